The standard InChI is InChI=1S/C16H25ClN2/c1-2-4-13-8-11-19(12-9-13)16-14(7-10-18)5-3-6-15(16)17/h3,5-6,13H,2,4,7-12,18H2,1H3. The Morgan fingerprint density at radius 2 is 2.05 bits per heavy atom. The predicted molar refractivity (Wildman–Crippen MR) is 84.1 cm³/mol. The van der Waals surface area contributed by atoms with Gasteiger partial charge in [-0.2, -0.15) is 0 Å². The van der Waals surface area contributed by atoms with Crippen LogP contribution in [0.1, 0.15) is 38.2 Å². The van der Waals surface area contributed by atoms with Crippen LogP contribution in [0.2, 0.25) is 5.02 Å². The van der Waals surface area contributed by atoms with E-state index in [2.05, 4.69) is 17.9 Å². The van der Waals surface area contributed by atoms with Crippen LogP contribution in [0.3, 0.4) is 0 Å². The van der Waals surface area contributed by atoms with Gasteiger partial charge in [0.15, 0.2) is 0 Å². The smallest absolute Gasteiger partial charge is 0.0642 e. The molecular weight excluding hydrogens is 256 g/mol. The van der Waals surface area contributed by atoms with E-state index in [1.54, 1.807) is 0 Å². The molecule has 0 saturated carbocycles. The van der Waals surface area contributed by atoms with Crippen LogP contribution < -0.4 is 10.6 Å². The van der Waals surface area contributed by atoms with E-state index in [0.717, 1.165) is 30.5 Å². The second-order valence-corrected chi connectivity index (χ2v) is 5.91. The van der Waals surface area contributed by atoms with Gasteiger partial charge < -0.3 is 10.6 Å². The molecule has 106 valence electrons. The molecule has 0 amide bonds. The average molecular weight is 281 g/mol. The highest BCUT2D eigenvalue weighted by molar-refractivity contribution is 6.33. The quantitative estimate of drug-likeness (QED) is 0.887. The van der Waals surface area contributed by atoms with E-state index in [9.17, 15) is 0 Å². The zero-order chi connectivity index (χ0) is 13.7. The number of hydrogen-bond acceptors (Lipinski definition) is 2. The van der Waals surface area contributed by atoms with Crippen LogP contribution in [0.5, 0.6) is 0 Å². The van der Waals surface area contributed by atoms with Gasteiger partial charge >= 0.3 is 0 Å². The van der Waals surface area contributed by atoms with Gasteiger partial charge in [0, 0.05) is 13.1 Å². The third-order valence-corrected chi connectivity index (χ3v) is 4.42. The second-order valence-electron chi connectivity index (χ2n) is 5.51. The van der Waals surface area contributed by atoms with Crippen LogP contribution in [-0.4, -0.2) is 19.6 Å². The number of halogens is 1. The molecule has 0 aliphatic carbocycles. The molecule has 2 rings (SSSR count). The van der Waals surface area contributed by atoms with Gasteiger partial charge in [-0.3, -0.25) is 0 Å². The molecule has 1 heterocycles. The third-order valence-electron chi connectivity index (χ3n) is 4.11. The zero-order valence-electron chi connectivity index (χ0n) is 11.9. The number of nitrogens with two attached hydrogens (primary N) is 1. The first-order chi connectivity index (χ1) is 9.26. The fraction of sp³-hybridized carbons (Fsp3) is 0.625. The zero-order valence-corrected chi connectivity index (χ0v) is 12.6. The summed E-state index contributed by atoms with van der Waals surface area (Å²) in [5.74, 6) is 0.904. The van der Waals surface area contributed by atoms with E-state index >= 15 is 0 Å². The van der Waals surface area contributed by atoms with Gasteiger partial charge in [0.25, 0.3) is 0 Å². The van der Waals surface area contributed by atoms with Crippen LogP contribution in [0, 0.1) is 5.92 Å². The normalized spacial score (nSPS) is 16.9. The maximum atomic E-state index is 6.41. The molecule has 2 nitrogen and oxygen atoms in total. The number of anilines is 1. The lowest BCUT2D eigenvalue weighted by atomic mass is 9.92. The van der Waals surface area contributed by atoms with Crippen molar-refractivity contribution in [2.75, 3.05) is 24.5 Å². The van der Waals surface area contributed by atoms with Gasteiger partial charge in [-0.15, -0.1) is 0 Å². The molecule has 1 aliphatic rings. The Hall–Kier alpha value is -0.730. The largest absolute Gasteiger partial charge is 0.370 e. The molecule has 0 unspecified atom stereocenters. The molecule has 0 bridgehead atoms. The minimum absolute atomic E-state index is 0.680. The predicted octanol–water partition coefficient (Wildman–Crippen LogP) is 3.86. The summed E-state index contributed by atoms with van der Waals surface area (Å²) < 4.78 is 0. The molecule has 1 aromatic carbocycles. The fourth-order valence-corrected chi connectivity index (χ4v) is 3.44. The van der Waals surface area contributed by atoms with Gasteiger partial charge in [-0.1, -0.05) is 43.5 Å². The van der Waals surface area contributed by atoms with Crippen molar-refractivity contribution in [3.05, 3.63) is 28.8 Å². The van der Waals surface area contributed by atoms with Gasteiger partial charge in [0.1, 0.15) is 0 Å². The van der Waals surface area contributed by atoms with Gasteiger partial charge in [0.2, 0.25) is 0 Å². The van der Waals surface area contributed by atoms with E-state index in [1.165, 1.54) is 36.9 Å². The van der Waals surface area contributed by atoms with E-state index < -0.39 is 0 Å². The lowest BCUT2D eigenvalue weighted by molar-refractivity contribution is 0.378. The summed E-state index contributed by atoms with van der Waals surface area (Å²) in [7, 11) is 0. The van der Waals surface area contributed by atoms with E-state index in [1.807, 2.05) is 12.1 Å². The van der Waals surface area contributed by atoms with Crippen molar-refractivity contribution in [1.82, 2.24) is 0 Å². The summed E-state index contributed by atoms with van der Waals surface area (Å²) in [4.78, 5) is 2.46. The Balaban J connectivity index is 2.10. The molecule has 2 N–H and O–H groups in total. The molecule has 0 atom stereocenters. The van der Waals surface area contributed by atoms with Crippen molar-refractivity contribution in [3.8, 4) is 0 Å². The van der Waals surface area contributed by atoms with Gasteiger partial charge in [0.05, 0.1) is 10.7 Å². The summed E-state index contributed by atoms with van der Waals surface area (Å²) in [6.07, 6.45) is 6.16. The van der Waals surface area contributed by atoms with Gasteiger partial charge in [-0.25, -0.2) is 0 Å². The molecule has 1 fully saturated rings. The maximum absolute atomic E-state index is 6.41. The number of para-hydroxylation sites is 1. The van der Waals surface area contributed by atoms with Gasteiger partial charge in [-0.05, 0) is 43.4 Å². The Bertz CT molecular complexity index is 398. The molecule has 1 aromatic rings. The average Bonchev–Trinajstić information content (AvgIpc) is 2.41. The SMILES string of the molecule is CCCC1CCN(c2c(Cl)cccc2CCN)CC1. The molecule has 3 heteroatoms. The van der Waals surface area contributed by atoms with Crippen LogP contribution in [0.4, 0.5) is 5.69 Å². The highest BCUT2D eigenvalue weighted by atomic mass is 35.5. The molecule has 1 aliphatic heterocycles. The van der Waals surface area contributed by atoms with Crippen molar-refractivity contribution in [3.63, 3.8) is 0 Å². The topological polar surface area (TPSA) is 29.3 Å². The minimum atomic E-state index is 0.680. The number of hydrogen-bond donors (Lipinski definition) is 1. The first-order valence-electron chi connectivity index (χ1n) is 7.48. The number of benzene rings is 1. The number of nitrogens with zero attached hydrogens (tertiary/aromatic N) is 1. The molecule has 1 saturated heterocycles. The molecule has 0 aromatic heterocycles. The van der Waals surface area contributed by atoms with Crippen molar-refractivity contribution in [2.45, 2.75) is 39.0 Å². The Labute approximate surface area is 121 Å². The Kier molecular flexibility index (Phi) is 5.53. The lowest BCUT2D eigenvalue weighted by Gasteiger charge is -2.35. The summed E-state index contributed by atoms with van der Waals surface area (Å²) in [6.45, 7) is 5.22. The highest BCUT2D eigenvalue weighted by Gasteiger charge is 2.21. The van der Waals surface area contributed by atoms with E-state index in [-0.39, 0.29) is 0 Å². The van der Waals surface area contributed by atoms with Crippen LogP contribution >= 0.6 is 11.6 Å². The monoisotopic (exact) mass is 280 g/mol. The number of piperidine rings is 1. The Morgan fingerprint density at radius 1 is 1.32 bits per heavy atom. The van der Waals surface area contributed by atoms with E-state index in [0.29, 0.717) is 6.54 Å². The summed E-state index contributed by atoms with van der Waals surface area (Å²) >= 11 is 6.41. The van der Waals surface area contributed by atoms with E-state index in [4.69, 9.17) is 17.3 Å². The van der Waals surface area contributed by atoms with Crippen molar-refractivity contribution in [2.24, 2.45) is 11.7 Å². The maximum Gasteiger partial charge on any atom is 0.0642 e. The summed E-state index contributed by atoms with van der Waals surface area (Å²) in [5.41, 5.74) is 8.23. The molecule has 19 heavy (non-hydrogen) atoms. The van der Waals surface area contributed by atoms with Crippen LogP contribution in [-0.2, 0) is 6.42 Å². The second kappa shape index (κ2) is 7.16. The summed E-state index contributed by atoms with van der Waals surface area (Å²) in [6, 6.07) is 6.18. The first-order valence-corrected chi connectivity index (χ1v) is 7.86. The number of rotatable bonds is 5. The molecule has 0 spiro atoms. The Morgan fingerprint density at radius 3 is 2.68 bits per heavy atom. The van der Waals surface area contributed by atoms with Crippen LogP contribution in [0.15, 0.2) is 18.2 Å². The third kappa shape index (κ3) is 3.64. The first kappa shape index (κ1) is 14.7. The lowest BCUT2D eigenvalue weighted by Crippen LogP contribution is -2.34. The molecule has 0 radical (unpaired) electrons. The highest BCUT2D eigenvalue weighted by Crippen LogP contribution is 2.34. The van der Waals surface area contributed by atoms with Crippen molar-refractivity contribution < 1.29 is 0 Å². The van der Waals surface area contributed by atoms with Crippen LogP contribution in [0.25, 0.3) is 0 Å². The molecular formula is C16H25ClN2. The summed E-state index contributed by atoms with van der Waals surface area (Å²) in [5, 5.41) is 0.875. The minimum Gasteiger partial charge on any atom is -0.370 e. The van der Waals surface area contributed by atoms with Crippen molar-refractivity contribution in [1.29, 1.82) is 0 Å². The van der Waals surface area contributed by atoms with Crippen molar-refractivity contribution >= 4 is 17.3 Å². The fourth-order valence-electron chi connectivity index (χ4n) is 3.12.